The number of hydrogen-bond donors (Lipinski definition) is 0. The lowest BCUT2D eigenvalue weighted by Gasteiger charge is -2.13. The van der Waals surface area contributed by atoms with Gasteiger partial charge in [0.05, 0.1) is 22.4 Å². The molecule has 0 N–H and O–H groups in total. The number of benzene rings is 6. The molecule has 0 saturated carbocycles. The van der Waals surface area contributed by atoms with Gasteiger partial charge in [-0.15, -0.1) is 0 Å². The maximum atomic E-state index is 2.40. The highest BCUT2D eigenvalue weighted by Crippen LogP contribution is 2.39. The quantitative estimate of drug-likeness (QED) is 0.191. The van der Waals surface area contributed by atoms with Crippen LogP contribution in [0.25, 0.3) is 67.2 Å². The lowest BCUT2D eigenvalue weighted by Crippen LogP contribution is -1.97. The van der Waals surface area contributed by atoms with E-state index in [2.05, 4.69) is 191 Å². The molecule has 208 valence electrons. The molecule has 0 atom stereocenters. The van der Waals surface area contributed by atoms with Crippen molar-refractivity contribution in [1.82, 2.24) is 9.13 Å². The summed E-state index contributed by atoms with van der Waals surface area (Å²) < 4.78 is 4.81. The molecule has 0 aliphatic rings. The molecule has 0 spiro atoms. The highest BCUT2D eigenvalue weighted by molar-refractivity contribution is 5.94. The van der Waals surface area contributed by atoms with Gasteiger partial charge in [-0.25, -0.2) is 0 Å². The van der Waals surface area contributed by atoms with E-state index in [4.69, 9.17) is 0 Å². The minimum absolute atomic E-state index is 1.13. The van der Waals surface area contributed by atoms with Gasteiger partial charge in [0.15, 0.2) is 0 Å². The van der Waals surface area contributed by atoms with Gasteiger partial charge in [0.2, 0.25) is 0 Å². The Balaban J connectivity index is 1.35. The summed E-state index contributed by atoms with van der Waals surface area (Å²) in [5.41, 5.74) is 14.2. The Hall–Kier alpha value is -5.86. The topological polar surface area (TPSA) is 9.86 Å². The van der Waals surface area contributed by atoms with Gasteiger partial charge in [-0.2, -0.15) is 0 Å². The van der Waals surface area contributed by atoms with Gasteiger partial charge in [-0.05, 0) is 69.8 Å². The molecule has 0 aliphatic carbocycles. The maximum Gasteiger partial charge on any atom is 0.0724 e. The summed E-state index contributed by atoms with van der Waals surface area (Å²) >= 11 is 0. The second-order valence-corrected chi connectivity index (χ2v) is 11.1. The molecule has 0 fully saturated rings. The third-order valence-electron chi connectivity index (χ3n) is 8.38. The van der Waals surface area contributed by atoms with Crippen LogP contribution in [0.15, 0.2) is 182 Å². The standard InChI is InChI=1S/C42H30N2/c1-5-13-31(14-6-1)33-21-25-37(26-22-33)43-39(35-17-9-3-10-18-35)29-42-41(43)30-40(36-19-11-4-12-20-36)44(42)38-27-23-34(24-28-38)32-15-7-2-8-16-32/h1-30H. The normalized spacial score (nSPS) is 11.2. The van der Waals surface area contributed by atoms with Crippen molar-refractivity contribution < 1.29 is 0 Å². The Bertz CT molecular complexity index is 1990. The first-order valence-corrected chi connectivity index (χ1v) is 15.0. The smallest absolute Gasteiger partial charge is 0.0724 e. The minimum Gasteiger partial charge on any atom is -0.308 e. The van der Waals surface area contributed by atoms with E-state index >= 15 is 0 Å². The zero-order chi connectivity index (χ0) is 29.3. The van der Waals surface area contributed by atoms with Gasteiger partial charge in [0, 0.05) is 11.4 Å². The van der Waals surface area contributed by atoms with Crippen LogP contribution < -0.4 is 0 Å². The summed E-state index contributed by atoms with van der Waals surface area (Å²) in [4.78, 5) is 0. The third kappa shape index (κ3) is 4.63. The maximum absolute atomic E-state index is 2.40. The van der Waals surface area contributed by atoms with Gasteiger partial charge in [-0.1, -0.05) is 146 Å². The van der Waals surface area contributed by atoms with Crippen LogP contribution in [-0.2, 0) is 0 Å². The van der Waals surface area contributed by atoms with E-state index in [0.29, 0.717) is 0 Å². The Morgan fingerprint density at radius 1 is 0.250 bits per heavy atom. The van der Waals surface area contributed by atoms with Crippen LogP contribution >= 0.6 is 0 Å². The van der Waals surface area contributed by atoms with Crippen molar-refractivity contribution in [2.45, 2.75) is 0 Å². The van der Waals surface area contributed by atoms with Crippen LogP contribution in [0, 0.1) is 0 Å². The van der Waals surface area contributed by atoms with Crippen molar-refractivity contribution in [1.29, 1.82) is 0 Å². The number of fused-ring (bicyclic) bond motifs is 1. The van der Waals surface area contributed by atoms with Gasteiger partial charge in [0.25, 0.3) is 0 Å². The fraction of sp³-hybridized carbons (Fsp3) is 0. The number of nitrogens with zero attached hydrogens (tertiary/aromatic N) is 2. The monoisotopic (exact) mass is 562 g/mol. The molecular formula is C42H30N2. The van der Waals surface area contributed by atoms with Crippen LogP contribution in [0.2, 0.25) is 0 Å². The molecule has 0 radical (unpaired) electrons. The van der Waals surface area contributed by atoms with Crippen molar-refractivity contribution in [2.24, 2.45) is 0 Å². The van der Waals surface area contributed by atoms with E-state index in [1.165, 1.54) is 44.4 Å². The van der Waals surface area contributed by atoms with Crippen molar-refractivity contribution >= 4 is 11.0 Å². The van der Waals surface area contributed by atoms with E-state index in [1.807, 2.05) is 0 Å². The molecule has 2 heteroatoms. The van der Waals surface area contributed by atoms with E-state index in [1.54, 1.807) is 0 Å². The van der Waals surface area contributed by atoms with Gasteiger partial charge in [-0.3, -0.25) is 0 Å². The number of rotatable bonds is 6. The zero-order valence-corrected chi connectivity index (χ0v) is 24.2. The van der Waals surface area contributed by atoms with E-state index < -0.39 is 0 Å². The molecule has 8 rings (SSSR count). The second-order valence-electron chi connectivity index (χ2n) is 11.1. The zero-order valence-electron chi connectivity index (χ0n) is 24.2. The lowest BCUT2D eigenvalue weighted by molar-refractivity contribution is 1.13. The third-order valence-corrected chi connectivity index (χ3v) is 8.38. The van der Waals surface area contributed by atoms with Crippen molar-refractivity contribution in [2.75, 3.05) is 0 Å². The largest absolute Gasteiger partial charge is 0.308 e. The van der Waals surface area contributed by atoms with Crippen LogP contribution in [0.1, 0.15) is 0 Å². The van der Waals surface area contributed by atoms with Crippen LogP contribution in [0.5, 0.6) is 0 Å². The first-order chi connectivity index (χ1) is 21.8. The molecule has 44 heavy (non-hydrogen) atoms. The SMILES string of the molecule is c1ccc(-c2ccc(-n3c(-c4ccccc4)cc4c3cc(-c3ccccc3)n4-c3ccc(-c4ccccc4)cc3)cc2)cc1. The highest BCUT2D eigenvalue weighted by Gasteiger charge is 2.20. The van der Waals surface area contributed by atoms with Crippen molar-refractivity contribution in [3.05, 3.63) is 182 Å². The van der Waals surface area contributed by atoms with Crippen LogP contribution in [0.4, 0.5) is 0 Å². The molecule has 0 amide bonds. The Morgan fingerprint density at radius 3 is 0.841 bits per heavy atom. The van der Waals surface area contributed by atoms with Crippen molar-refractivity contribution in [3.63, 3.8) is 0 Å². The predicted octanol–water partition coefficient (Wildman–Crippen LogP) is 11.1. The van der Waals surface area contributed by atoms with E-state index in [-0.39, 0.29) is 0 Å². The Labute approximate surface area is 257 Å². The second kappa shape index (κ2) is 11.1. The molecule has 0 saturated heterocycles. The average Bonchev–Trinajstić information content (AvgIpc) is 3.67. The first kappa shape index (κ1) is 25.8. The molecular weight excluding hydrogens is 532 g/mol. The summed E-state index contributed by atoms with van der Waals surface area (Å²) in [6.45, 7) is 0. The summed E-state index contributed by atoms with van der Waals surface area (Å²) in [6, 6.07) is 65.0. The molecule has 0 unspecified atom stereocenters. The molecule has 8 aromatic rings. The van der Waals surface area contributed by atoms with Crippen molar-refractivity contribution in [3.8, 4) is 56.1 Å². The average molecular weight is 563 g/mol. The fourth-order valence-electron chi connectivity index (χ4n) is 6.22. The molecule has 0 bridgehead atoms. The van der Waals surface area contributed by atoms with Crippen LogP contribution in [-0.4, -0.2) is 9.13 Å². The van der Waals surface area contributed by atoms with Gasteiger partial charge >= 0.3 is 0 Å². The predicted molar refractivity (Wildman–Crippen MR) is 184 cm³/mol. The van der Waals surface area contributed by atoms with E-state index in [0.717, 1.165) is 22.8 Å². The van der Waals surface area contributed by atoms with Gasteiger partial charge < -0.3 is 9.13 Å². The molecule has 6 aromatic carbocycles. The molecule has 2 heterocycles. The summed E-state index contributed by atoms with van der Waals surface area (Å²) in [6.07, 6.45) is 0. The number of hydrogen-bond acceptors (Lipinski definition) is 0. The minimum atomic E-state index is 1.13. The summed E-state index contributed by atoms with van der Waals surface area (Å²) in [5, 5.41) is 0. The lowest BCUT2D eigenvalue weighted by atomic mass is 10.1. The fourth-order valence-corrected chi connectivity index (χ4v) is 6.22. The first-order valence-electron chi connectivity index (χ1n) is 15.0. The summed E-state index contributed by atoms with van der Waals surface area (Å²) in [7, 11) is 0. The Kier molecular flexibility index (Phi) is 6.51. The molecule has 0 aliphatic heterocycles. The molecule has 2 aromatic heterocycles. The highest BCUT2D eigenvalue weighted by atomic mass is 15.1. The van der Waals surface area contributed by atoms with Gasteiger partial charge in [0.1, 0.15) is 0 Å². The Morgan fingerprint density at radius 2 is 0.523 bits per heavy atom. The summed E-state index contributed by atoms with van der Waals surface area (Å²) in [5.74, 6) is 0. The molecule has 2 nitrogen and oxygen atoms in total. The van der Waals surface area contributed by atoms with E-state index in [9.17, 15) is 0 Å². The number of aromatic nitrogens is 2. The van der Waals surface area contributed by atoms with Crippen LogP contribution in [0.3, 0.4) is 0 Å².